The number of halogens is 1. The summed E-state index contributed by atoms with van der Waals surface area (Å²) in [7, 11) is 0. The van der Waals surface area contributed by atoms with E-state index in [2.05, 4.69) is 21.2 Å². The summed E-state index contributed by atoms with van der Waals surface area (Å²) in [6.07, 6.45) is 3.25. The minimum Gasteiger partial charge on any atom is -0.346 e. The Labute approximate surface area is 98.5 Å². The van der Waals surface area contributed by atoms with Crippen LogP contribution in [-0.2, 0) is 4.79 Å². The van der Waals surface area contributed by atoms with Gasteiger partial charge in [0.05, 0.1) is 6.04 Å². The van der Waals surface area contributed by atoms with Gasteiger partial charge in [-0.25, -0.2) is 0 Å². The summed E-state index contributed by atoms with van der Waals surface area (Å²) < 4.78 is 1.01. The molecular formula is C12H14BrNO. The predicted molar refractivity (Wildman–Crippen MR) is 65.5 cm³/mol. The number of benzene rings is 1. The Hall–Kier alpha value is -1.09. The van der Waals surface area contributed by atoms with Gasteiger partial charge in [0.25, 0.3) is 0 Å². The summed E-state index contributed by atoms with van der Waals surface area (Å²) in [5.41, 5.74) is 1.08. The molecule has 0 saturated heterocycles. The number of carbonyl (C=O) groups excluding carboxylic acids is 1. The number of hydrogen-bond donors (Lipinski definition) is 1. The second kappa shape index (κ2) is 5.71. The molecule has 1 unspecified atom stereocenters. The maximum absolute atomic E-state index is 11.3. The Morgan fingerprint density at radius 1 is 1.47 bits per heavy atom. The average molecular weight is 268 g/mol. The largest absolute Gasteiger partial charge is 0.346 e. The molecule has 0 saturated carbocycles. The van der Waals surface area contributed by atoms with Gasteiger partial charge in [0, 0.05) is 4.47 Å². The van der Waals surface area contributed by atoms with Gasteiger partial charge >= 0.3 is 0 Å². The third-order valence-electron chi connectivity index (χ3n) is 2.05. The summed E-state index contributed by atoms with van der Waals surface area (Å²) in [5.74, 6) is -0.0687. The lowest BCUT2D eigenvalue weighted by Gasteiger charge is -2.14. The topological polar surface area (TPSA) is 29.1 Å². The Balaban J connectivity index is 2.73. The molecule has 80 valence electrons. The second-order valence-electron chi connectivity index (χ2n) is 3.25. The zero-order valence-corrected chi connectivity index (χ0v) is 10.4. The molecule has 0 bridgehead atoms. The lowest BCUT2D eigenvalue weighted by atomic mass is 10.1. The van der Waals surface area contributed by atoms with Crippen LogP contribution in [0.15, 0.2) is 40.9 Å². The van der Waals surface area contributed by atoms with Crippen molar-refractivity contribution in [1.82, 2.24) is 5.32 Å². The van der Waals surface area contributed by atoms with E-state index >= 15 is 0 Å². The van der Waals surface area contributed by atoms with Crippen molar-refractivity contribution in [3.63, 3.8) is 0 Å². The first-order valence-electron chi connectivity index (χ1n) is 4.82. The molecule has 0 spiro atoms. The van der Waals surface area contributed by atoms with Gasteiger partial charge in [-0.3, -0.25) is 4.79 Å². The first-order valence-corrected chi connectivity index (χ1v) is 5.62. The van der Waals surface area contributed by atoms with E-state index < -0.39 is 0 Å². The van der Waals surface area contributed by atoms with Crippen LogP contribution in [0.1, 0.15) is 25.5 Å². The molecule has 0 aliphatic rings. The highest BCUT2D eigenvalue weighted by Crippen LogP contribution is 2.22. The maximum Gasteiger partial charge on any atom is 0.244 e. The number of amides is 1. The molecule has 1 atom stereocenters. The van der Waals surface area contributed by atoms with Crippen molar-refractivity contribution in [2.24, 2.45) is 0 Å². The smallest absolute Gasteiger partial charge is 0.244 e. The van der Waals surface area contributed by atoms with Crippen LogP contribution < -0.4 is 5.32 Å². The van der Waals surface area contributed by atoms with E-state index in [4.69, 9.17) is 0 Å². The SMILES string of the molecule is CC=CC(=O)NC(C)c1ccccc1Br. The molecule has 0 heterocycles. The highest BCUT2D eigenvalue weighted by Gasteiger charge is 2.09. The predicted octanol–water partition coefficient (Wildman–Crippen LogP) is 3.20. The first-order chi connectivity index (χ1) is 7.15. The number of nitrogens with one attached hydrogen (secondary N) is 1. The van der Waals surface area contributed by atoms with Gasteiger partial charge in [0.2, 0.25) is 5.91 Å². The van der Waals surface area contributed by atoms with Crippen LogP contribution in [0, 0.1) is 0 Å². The quantitative estimate of drug-likeness (QED) is 0.838. The standard InChI is InChI=1S/C12H14BrNO/c1-3-6-12(15)14-9(2)10-7-4-5-8-11(10)13/h3-9H,1-2H3,(H,14,15). The lowest BCUT2D eigenvalue weighted by molar-refractivity contribution is -0.117. The highest BCUT2D eigenvalue weighted by molar-refractivity contribution is 9.10. The average Bonchev–Trinajstić information content (AvgIpc) is 2.18. The van der Waals surface area contributed by atoms with E-state index in [9.17, 15) is 4.79 Å². The number of allylic oxidation sites excluding steroid dienone is 1. The van der Waals surface area contributed by atoms with Gasteiger partial charge in [-0.15, -0.1) is 0 Å². The fraction of sp³-hybridized carbons (Fsp3) is 0.250. The fourth-order valence-electron chi connectivity index (χ4n) is 1.32. The summed E-state index contributed by atoms with van der Waals surface area (Å²) >= 11 is 3.46. The van der Waals surface area contributed by atoms with Gasteiger partial charge in [0.15, 0.2) is 0 Å². The van der Waals surface area contributed by atoms with Crippen molar-refractivity contribution in [3.8, 4) is 0 Å². The number of rotatable bonds is 3. The van der Waals surface area contributed by atoms with Gasteiger partial charge in [-0.2, -0.15) is 0 Å². The summed E-state index contributed by atoms with van der Waals surface area (Å²) in [6, 6.07) is 7.87. The molecule has 2 nitrogen and oxygen atoms in total. The molecule has 0 aliphatic heterocycles. The van der Waals surface area contributed by atoms with Crippen LogP contribution >= 0.6 is 15.9 Å². The molecule has 3 heteroatoms. The Bertz CT molecular complexity index is 374. The van der Waals surface area contributed by atoms with E-state index in [0.717, 1.165) is 10.0 Å². The third-order valence-corrected chi connectivity index (χ3v) is 2.77. The molecule has 1 rings (SSSR count). The van der Waals surface area contributed by atoms with Crippen molar-refractivity contribution < 1.29 is 4.79 Å². The molecule has 0 fully saturated rings. The number of hydrogen-bond acceptors (Lipinski definition) is 1. The Kier molecular flexibility index (Phi) is 4.56. The van der Waals surface area contributed by atoms with Crippen LogP contribution in [0.25, 0.3) is 0 Å². The van der Waals surface area contributed by atoms with Crippen molar-refractivity contribution in [2.45, 2.75) is 19.9 Å². The molecule has 1 N–H and O–H groups in total. The molecule has 0 aromatic heterocycles. The summed E-state index contributed by atoms with van der Waals surface area (Å²) in [4.78, 5) is 11.3. The molecule has 0 aliphatic carbocycles. The molecule has 1 aromatic rings. The maximum atomic E-state index is 11.3. The van der Waals surface area contributed by atoms with Crippen LogP contribution in [0.2, 0.25) is 0 Å². The fourth-order valence-corrected chi connectivity index (χ4v) is 1.95. The van der Waals surface area contributed by atoms with Crippen LogP contribution in [0.4, 0.5) is 0 Å². The monoisotopic (exact) mass is 267 g/mol. The summed E-state index contributed by atoms with van der Waals surface area (Å²) in [6.45, 7) is 3.78. The number of carbonyl (C=O) groups is 1. The normalized spacial score (nSPS) is 12.7. The van der Waals surface area contributed by atoms with Crippen LogP contribution in [0.5, 0.6) is 0 Å². The third kappa shape index (κ3) is 3.51. The minimum atomic E-state index is -0.0687. The first kappa shape index (κ1) is 12.0. The van der Waals surface area contributed by atoms with E-state index in [-0.39, 0.29) is 11.9 Å². The lowest BCUT2D eigenvalue weighted by Crippen LogP contribution is -2.24. The molecular weight excluding hydrogens is 254 g/mol. The zero-order chi connectivity index (χ0) is 11.3. The minimum absolute atomic E-state index is 0.00396. The summed E-state index contributed by atoms with van der Waals surface area (Å²) in [5, 5.41) is 2.88. The van der Waals surface area contributed by atoms with E-state index in [1.807, 2.05) is 38.1 Å². The van der Waals surface area contributed by atoms with Crippen LogP contribution in [-0.4, -0.2) is 5.91 Å². The van der Waals surface area contributed by atoms with Gasteiger partial charge in [-0.05, 0) is 31.6 Å². The van der Waals surface area contributed by atoms with E-state index in [1.165, 1.54) is 6.08 Å². The van der Waals surface area contributed by atoms with E-state index in [1.54, 1.807) is 6.08 Å². The van der Waals surface area contributed by atoms with Crippen molar-refractivity contribution >= 4 is 21.8 Å². The Morgan fingerprint density at radius 3 is 2.73 bits per heavy atom. The van der Waals surface area contributed by atoms with E-state index in [0.29, 0.717) is 0 Å². The molecule has 0 radical (unpaired) electrons. The molecule has 15 heavy (non-hydrogen) atoms. The van der Waals surface area contributed by atoms with Crippen LogP contribution in [0.3, 0.4) is 0 Å². The zero-order valence-electron chi connectivity index (χ0n) is 8.83. The van der Waals surface area contributed by atoms with Crippen molar-refractivity contribution in [2.75, 3.05) is 0 Å². The highest BCUT2D eigenvalue weighted by atomic mass is 79.9. The van der Waals surface area contributed by atoms with Gasteiger partial charge in [0.1, 0.15) is 0 Å². The van der Waals surface area contributed by atoms with Crippen molar-refractivity contribution in [1.29, 1.82) is 0 Å². The second-order valence-corrected chi connectivity index (χ2v) is 4.11. The van der Waals surface area contributed by atoms with Gasteiger partial charge in [-0.1, -0.05) is 40.2 Å². The molecule has 1 amide bonds. The van der Waals surface area contributed by atoms with Gasteiger partial charge < -0.3 is 5.32 Å². The Morgan fingerprint density at radius 2 is 2.13 bits per heavy atom. The van der Waals surface area contributed by atoms with Crippen molar-refractivity contribution in [3.05, 3.63) is 46.5 Å². The molecule has 1 aromatic carbocycles.